The average molecular weight is 236 g/mol. The van der Waals surface area contributed by atoms with Crippen LogP contribution >= 0.6 is 25.3 Å². The lowest BCUT2D eigenvalue weighted by Gasteiger charge is -2.15. The second kappa shape index (κ2) is 8.35. The molecule has 2 N–H and O–H groups in total. The summed E-state index contributed by atoms with van der Waals surface area (Å²) in [6, 6.07) is -0.250. The molecule has 0 fully saturated rings. The Hall–Kier alpha value is 0.0300. The number of thiol groups is 2. The summed E-state index contributed by atoms with van der Waals surface area (Å²) in [6.45, 7) is 3.71. The number of rotatable bonds is 8. The molecule has 0 aromatic heterocycles. The van der Waals surface area contributed by atoms with Crippen LogP contribution in [0.15, 0.2) is 12.6 Å². The van der Waals surface area contributed by atoms with Crippen molar-refractivity contribution in [3.8, 4) is 0 Å². The molecule has 0 aliphatic carbocycles. The molecule has 0 rings (SSSR count). The van der Waals surface area contributed by atoms with Gasteiger partial charge in [-0.25, -0.2) is 0 Å². The fourth-order valence-corrected chi connectivity index (χ4v) is 1.55. The fourth-order valence-electron chi connectivity index (χ4n) is 0.902. The van der Waals surface area contributed by atoms with Gasteiger partial charge in [-0.15, -0.1) is 6.58 Å². The van der Waals surface area contributed by atoms with Gasteiger partial charge in [0.1, 0.15) is 0 Å². The van der Waals surface area contributed by atoms with E-state index in [0.717, 1.165) is 0 Å². The molecule has 0 radical (unpaired) electrons. The summed E-state index contributed by atoms with van der Waals surface area (Å²) in [7, 11) is 1.72. The minimum absolute atomic E-state index is 0.0283. The highest BCUT2D eigenvalue weighted by Crippen LogP contribution is 1.92. The maximum atomic E-state index is 11.6. The monoisotopic (exact) mass is 236 g/mol. The highest BCUT2D eigenvalue weighted by Gasteiger charge is 2.14. The van der Waals surface area contributed by atoms with Crippen LogP contribution < -0.4 is 10.6 Å². The van der Waals surface area contributed by atoms with E-state index in [2.05, 4.69) is 42.5 Å². The third-order valence-electron chi connectivity index (χ3n) is 1.87. The van der Waals surface area contributed by atoms with Crippen LogP contribution in [0, 0.1) is 0 Å². The van der Waals surface area contributed by atoms with E-state index >= 15 is 0 Å². The van der Waals surface area contributed by atoms with Gasteiger partial charge in [-0.1, -0.05) is 6.05 Å². The highest BCUT2D eigenvalue weighted by molar-refractivity contribution is 7.80. The van der Waals surface area contributed by atoms with Gasteiger partial charge in [-0.2, -0.15) is 25.3 Å². The van der Waals surface area contributed by atoms with E-state index in [1.165, 1.54) is 0 Å². The molecule has 2 atom stereocenters. The van der Waals surface area contributed by atoms with E-state index in [1.807, 2.05) is 0 Å². The van der Waals surface area contributed by atoms with Crippen molar-refractivity contribution < 1.29 is 6.17 Å². The van der Waals surface area contributed by atoms with Gasteiger partial charge >= 0.3 is 0 Å². The Balaban J connectivity index is 4.02. The van der Waals surface area contributed by atoms with Gasteiger partial charge in [0, 0.05) is 17.5 Å². The number of ketones is 1. The molecule has 14 heavy (non-hydrogen) atoms. The van der Waals surface area contributed by atoms with Gasteiger partial charge in [-0.3, -0.25) is 4.79 Å². The fraction of sp³-hybridized carbons (Fsp3) is 0.667. The number of Topliss-reactive ketones (excluding diaryl/α,β-unsaturated/α-hetero) is 1. The van der Waals surface area contributed by atoms with Crippen molar-refractivity contribution in [3.05, 3.63) is 12.6 Å². The Morgan fingerprint density at radius 1 is 1.64 bits per heavy atom. The van der Waals surface area contributed by atoms with Gasteiger partial charge in [0.2, 0.25) is 0 Å². The molecule has 5 heteroatoms. The maximum Gasteiger partial charge on any atom is 0.164 e. The summed E-state index contributed by atoms with van der Waals surface area (Å²) >= 11 is 8.13. The molecule has 0 bridgehead atoms. The van der Waals surface area contributed by atoms with Crippen molar-refractivity contribution in [2.75, 3.05) is 25.1 Å². The van der Waals surface area contributed by atoms with E-state index in [1.54, 1.807) is 7.05 Å². The quantitative estimate of drug-likeness (QED) is 0.358. The van der Waals surface area contributed by atoms with Crippen molar-refractivity contribution in [3.63, 3.8) is 0 Å². The zero-order valence-corrected chi connectivity index (χ0v) is 10.1. The molecule has 82 valence electrons. The zero-order valence-electron chi connectivity index (χ0n) is 9.29. The van der Waals surface area contributed by atoms with Crippen LogP contribution in [0.3, 0.4) is 0 Å². The molecule has 0 amide bonds. The Bertz CT molecular complexity index is 222. The molecule has 3 nitrogen and oxygen atoms in total. The van der Waals surface area contributed by atoms with E-state index < -0.39 is 0 Å². The minimum atomic E-state index is -0.250. The maximum absolute atomic E-state index is 11.6. The Kier molecular flexibility index (Phi) is 7.22. The number of carbonyl (C=O) groups excluding carboxylic acids is 1. The SMILES string of the molecule is [3H]C(=C)C(CS)NCC(=O)C(CS)NC. The summed E-state index contributed by atoms with van der Waals surface area (Å²) in [4.78, 5) is 11.6. The summed E-state index contributed by atoms with van der Waals surface area (Å²) in [6.07, 6.45) is 0. The molecule has 0 saturated heterocycles. The molecule has 0 aromatic rings. The van der Waals surface area contributed by atoms with Gasteiger partial charge in [0.25, 0.3) is 0 Å². The van der Waals surface area contributed by atoms with Crippen molar-refractivity contribution in [2.24, 2.45) is 0 Å². The van der Waals surface area contributed by atoms with Crippen LogP contribution in [-0.4, -0.2) is 43.0 Å². The van der Waals surface area contributed by atoms with Crippen LogP contribution in [0.1, 0.15) is 1.37 Å². The van der Waals surface area contributed by atoms with Crippen molar-refractivity contribution in [1.29, 1.82) is 0 Å². The zero-order chi connectivity index (χ0) is 11.8. The topological polar surface area (TPSA) is 41.1 Å². The number of likely N-dealkylation sites (N-methyl/N-ethyl adjacent to an activating group) is 1. The Morgan fingerprint density at radius 3 is 2.64 bits per heavy atom. The van der Waals surface area contributed by atoms with Crippen molar-refractivity contribution in [2.45, 2.75) is 12.1 Å². The molecule has 0 heterocycles. The first-order chi connectivity index (χ1) is 7.06. The second-order valence-electron chi connectivity index (χ2n) is 2.81. The van der Waals surface area contributed by atoms with Gasteiger partial charge in [0.15, 0.2) is 5.78 Å². The normalized spacial score (nSPS) is 15.8. The molecular formula is C9H18N2OS2. The predicted molar refractivity (Wildman–Crippen MR) is 67.5 cm³/mol. The van der Waals surface area contributed by atoms with Crippen LogP contribution in [-0.2, 0) is 4.79 Å². The second-order valence-corrected chi connectivity index (χ2v) is 3.54. The van der Waals surface area contributed by atoms with Gasteiger partial charge < -0.3 is 10.6 Å². The van der Waals surface area contributed by atoms with Crippen LogP contribution in [0.4, 0.5) is 0 Å². The standard InChI is InChI=1S/C9H18N2OS2/c1-3-7(5-13)11-4-9(12)8(6-14)10-2/h3,7-8,10-11,13-14H,1,4-6H2,2H3/i3T. The van der Waals surface area contributed by atoms with E-state index in [4.69, 9.17) is 1.37 Å². The van der Waals surface area contributed by atoms with E-state index in [0.29, 0.717) is 11.5 Å². The first-order valence-corrected chi connectivity index (χ1v) is 5.63. The van der Waals surface area contributed by atoms with Crippen LogP contribution in [0.5, 0.6) is 0 Å². The van der Waals surface area contributed by atoms with Crippen LogP contribution in [0.2, 0.25) is 0 Å². The summed E-state index contributed by atoms with van der Waals surface area (Å²) in [5, 5.41) is 5.80. The van der Waals surface area contributed by atoms with Gasteiger partial charge in [-0.05, 0) is 7.05 Å². The molecular weight excluding hydrogens is 216 g/mol. The average Bonchev–Trinajstić information content (AvgIpc) is 2.20. The minimum Gasteiger partial charge on any atom is -0.310 e. The summed E-state index contributed by atoms with van der Waals surface area (Å²) in [5.41, 5.74) is 0. The third kappa shape index (κ3) is 5.05. The number of carbonyl (C=O) groups is 1. The smallest absolute Gasteiger partial charge is 0.164 e. The van der Waals surface area contributed by atoms with Crippen LogP contribution in [0.25, 0.3) is 0 Å². The van der Waals surface area contributed by atoms with Crippen molar-refractivity contribution in [1.82, 2.24) is 10.6 Å². The number of nitrogens with one attached hydrogen (secondary N) is 2. The molecule has 0 aliphatic heterocycles. The summed E-state index contributed by atoms with van der Waals surface area (Å²) in [5.74, 6) is 0.950. The number of hydrogen-bond donors (Lipinski definition) is 4. The molecule has 0 aliphatic rings. The molecule has 0 spiro atoms. The van der Waals surface area contributed by atoms with E-state index in [-0.39, 0.29) is 30.5 Å². The Labute approximate surface area is 97.9 Å². The lowest BCUT2D eigenvalue weighted by Crippen LogP contribution is -2.43. The predicted octanol–water partition coefficient (Wildman–Crippen LogP) is 0.147. The van der Waals surface area contributed by atoms with E-state index in [9.17, 15) is 4.79 Å². The highest BCUT2D eigenvalue weighted by atomic mass is 32.1. The lowest BCUT2D eigenvalue weighted by atomic mass is 10.2. The third-order valence-corrected chi connectivity index (χ3v) is 2.60. The number of hydrogen-bond acceptors (Lipinski definition) is 5. The first-order valence-electron chi connectivity index (χ1n) is 4.87. The molecule has 0 saturated carbocycles. The van der Waals surface area contributed by atoms with Crippen molar-refractivity contribution >= 4 is 31.0 Å². The Morgan fingerprint density at radius 2 is 2.29 bits per heavy atom. The summed E-state index contributed by atoms with van der Waals surface area (Å²) < 4.78 is 7.33. The molecule has 2 unspecified atom stereocenters. The molecule has 0 aromatic carbocycles. The lowest BCUT2D eigenvalue weighted by molar-refractivity contribution is -0.119. The largest absolute Gasteiger partial charge is 0.310 e. The first kappa shape index (κ1) is 12.1. The van der Waals surface area contributed by atoms with Gasteiger partial charge in [0.05, 0.1) is 14.0 Å².